The largest absolute Gasteiger partial charge is 0.380 e. The second-order valence-corrected chi connectivity index (χ2v) is 5.15. The van der Waals surface area contributed by atoms with Gasteiger partial charge in [0.15, 0.2) is 0 Å². The maximum atomic E-state index is 9.16. The molecule has 20 heavy (non-hydrogen) atoms. The molecule has 0 aromatic rings. The van der Waals surface area contributed by atoms with Crippen LogP contribution in [-0.2, 0) is 9.47 Å². The fourth-order valence-corrected chi connectivity index (χ4v) is 2.04. The Morgan fingerprint density at radius 1 is 1.15 bits per heavy atom. The molecular weight excluding hydrogens is 254 g/mol. The Labute approximate surface area is 123 Å². The van der Waals surface area contributed by atoms with Gasteiger partial charge < -0.3 is 9.47 Å². The van der Waals surface area contributed by atoms with Gasteiger partial charge in [0.2, 0.25) is 0 Å². The van der Waals surface area contributed by atoms with Gasteiger partial charge in [-0.3, -0.25) is 10.2 Å². The number of ether oxygens (including phenoxy) is 2. The first-order valence-electron chi connectivity index (χ1n) is 7.83. The molecule has 0 aromatic carbocycles. The number of nitrogens with one attached hydrogen (secondary N) is 1. The first-order chi connectivity index (χ1) is 9.80. The summed E-state index contributed by atoms with van der Waals surface area (Å²) in [6.07, 6.45) is 3.30. The lowest BCUT2D eigenvalue weighted by molar-refractivity contribution is 0.0816. The van der Waals surface area contributed by atoms with Crippen molar-refractivity contribution in [1.29, 1.82) is 5.26 Å². The lowest BCUT2D eigenvalue weighted by Gasteiger charge is -2.23. The summed E-state index contributed by atoms with van der Waals surface area (Å²) in [6, 6.07) is 2.92. The second-order valence-electron chi connectivity index (χ2n) is 5.15. The molecular formula is C15H29N3O2. The van der Waals surface area contributed by atoms with Crippen LogP contribution in [-0.4, -0.2) is 63.0 Å². The van der Waals surface area contributed by atoms with Crippen LogP contribution in [0, 0.1) is 11.3 Å². The molecule has 116 valence electrons. The highest BCUT2D eigenvalue weighted by Crippen LogP contribution is 2.19. The van der Waals surface area contributed by atoms with Gasteiger partial charge in [-0.15, -0.1) is 0 Å². The normalized spacial score (nSPS) is 16.3. The Morgan fingerprint density at radius 2 is 1.75 bits per heavy atom. The molecule has 0 amide bonds. The van der Waals surface area contributed by atoms with Crippen molar-refractivity contribution in [2.75, 3.05) is 46.1 Å². The van der Waals surface area contributed by atoms with E-state index < -0.39 is 0 Å². The zero-order valence-corrected chi connectivity index (χ0v) is 12.9. The molecule has 5 heteroatoms. The highest BCUT2D eigenvalue weighted by molar-refractivity contribution is 4.96. The predicted molar refractivity (Wildman–Crippen MR) is 79.6 cm³/mol. The molecule has 1 aliphatic rings. The quantitative estimate of drug-likeness (QED) is 0.518. The SMILES string of the molecule is CCOCCN(CCOCC)CCC(C#N)NC1CC1. The van der Waals surface area contributed by atoms with Crippen LogP contribution in [0.25, 0.3) is 0 Å². The number of hydrogen-bond donors (Lipinski definition) is 1. The molecule has 1 saturated carbocycles. The monoisotopic (exact) mass is 283 g/mol. The topological polar surface area (TPSA) is 57.5 Å². The molecule has 1 fully saturated rings. The summed E-state index contributed by atoms with van der Waals surface area (Å²) in [5.74, 6) is 0. The van der Waals surface area contributed by atoms with Gasteiger partial charge >= 0.3 is 0 Å². The van der Waals surface area contributed by atoms with Crippen LogP contribution >= 0.6 is 0 Å². The fraction of sp³-hybridized carbons (Fsp3) is 0.933. The van der Waals surface area contributed by atoms with Gasteiger partial charge in [-0.1, -0.05) is 0 Å². The van der Waals surface area contributed by atoms with Gasteiger partial charge in [0.25, 0.3) is 0 Å². The van der Waals surface area contributed by atoms with Gasteiger partial charge in [0.1, 0.15) is 0 Å². The number of rotatable bonds is 13. The van der Waals surface area contributed by atoms with E-state index in [9.17, 15) is 0 Å². The van der Waals surface area contributed by atoms with Gasteiger partial charge in [-0.2, -0.15) is 5.26 Å². The molecule has 1 rings (SSSR count). The van der Waals surface area contributed by atoms with Gasteiger partial charge in [-0.05, 0) is 33.1 Å². The minimum absolute atomic E-state index is 0.0239. The molecule has 0 bridgehead atoms. The first-order valence-corrected chi connectivity index (χ1v) is 7.83. The zero-order chi connectivity index (χ0) is 14.6. The van der Waals surface area contributed by atoms with Crippen molar-refractivity contribution < 1.29 is 9.47 Å². The van der Waals surface area contributed by atoms with Crippen molar-refractivity contribution in [3.05, 3.63) is 0 Å². The summed E-state index contributed by atoms with van der Waals surface area (Å²) < 4.78 is 10.8. The van der Waals surface area contributed by atoms with E-state index in [2.05, 4.69) is 16.3 Å². The third kappa shape index (κ3) is 8.49. The maximum Gasteiger partial charge on any atom is 0.0967 e. The van der Waals surface area contributed by atoms with Gasteiger partial charge in [0.05, 0.1) is 25.3 Å². The Hall–Kier alpha value is -0.670. The van der Waals surface area contributed by atoms with E-state index in [-0.39, 0.29) is 6.04 Å². The van der Waals surface area contributed by atoms with E-state index in [1.165, 1.54) is 12.8 Å². The van der Waals surface area contributed by atoms with Crippen LogP contribution in [0.15, 0.2) is 0 Å². The molecule has 0 aromatic heterocycles. The molecule has 0 saturated heterocycles. The Bertz CT molecular complexity index is 267. The summed E-state index contributed by atoms with van der Waals surface area (Å²) >= 11 is 0. The predicted octanol–water partition coefficient (Wildman–Crippen LogP) is 1.40. The van der Waals surface area contributed by atoms with E-state index in [1.54, 1.807) is 0 Å². The molecule has 1 aliphatic carbocycles. The average molecular weight is 283 g/mol. The zero-order valence-electron chi connectivity index (χ0n) is 12.9. The minimum atomic E-state index is -0.0239. The second kappa shape index (κ2) is 11.0. The molecule has 5 nitrogen and oxygen atoms in total. The molecule has 0 aliphatic heterocycles. The third-order valence-electron chi connectivity index (χ3n) is 3.42. The molecule has 1 unspecified atom stereocenters. The van der Waals surface area contributed by atoms with Gasteiger partial charge in [-0.25, -0.2) is 0 Å². The Morgan fingerprint density at radius 3 is 2.20 bits per heavy atom. The van der Waals surface area contributed by atoms with E-state index in [1.807, 2.05) is 13.8 Å². The number of hydrogen-bond acceptors (Lipinski definition) is 5. The third-order valence-corrected chi connectivity index (χ3v) is 3.42. The minimum Gasteiger partial charge on any atom is -0.380 e. The van der Waals surface area contributed by atoms with E-state index in [4.69, 9.17) is 14.7 Å². The summed E-state index contributed by atoms with van der Waals surface area (Å²) in [5, 5.41) is 12.5. The van der Waals surface area contributed by atoms with E-state index >= 15 is 0 Å². The first kappa shape index (κ1) is 17.4. The molecule has 1 atom stereocenters. The van der Waals surface area contributed by atoms with Crippen molar-refractivity contribution in [3.8, 4) is 6.07 Å². The smallest absolute Gasteiger partial charge is 0.0967 e. The maximum absolute atomic E-state index is 9.16. The molecule has 1 N–H and O–H groups in total. The summed E-state index contributed by atoms with van der Waals surface area (Å²) in [7, 11) is 0. The van der Waals surface area contributed by atoms with Crippen LogP contribution in [0.2, 0.25) is 0 Å². The Balaban J connectivity index is 2.22. The highest BCUT2D eigenvalue weighted by Gasteiger charge is 2.24. The van der Waals surface area contributed by atoms with E-state index in [0.717, 1.165) is 52.5 Å². The van der Waals surface area contributed by atoms with Crippen molar-refractivity contribution in [1.82, 2.24) is 10.2 Å². The van der Waals surface area contributed by atoms with E-state index in [0.29, 0.717) is 6.04 Å². The van der Waals surface area contributed by atoms with Crippen LogP contribution in [0.1, 0.15) is 33.1 Å². The molecule has 0 heterocycles. The number of nitrogens with zero attached hydrogens (tertiary/aromatic N) is 2. The van der Waals surface area contributed by atoms with Crippen molar-refractivity contribution in [2.45, 2.75) is 45.2 Å². The Kier molecular flexibility index (Phi) is 9.60. The summed E-state index contributed by atoms with van der Waals surface area (Å²) in [4.78, 5) is 2.32. The van der Waals surface area contributed by atoms with Crippen LogP contribution < -0.4 is 5.32 Å². The summed E-state index contributed by atoms with van der Waals surface area (Å²) in [5.41, 5.74) is 0. The lowest BCUT2D eigenvalue weighted by Crippen LogP contribution is -2.37. The van der Waals surface area contributed by atoms with Gasteiger partial charge in [0, 0.05) is 38.9 Å². The van der Waals surface area contributed by atoms with Crippen LogP contribution in [0.5, 0.6) is 0 Å². The van der Waals surface area contributed by atoms with Crippen molar-refractivity contribution in [3.63, 3.8) is 0 Å². The standard InChI is InChI=1S/C15H29N3O2/c1-3-19-11-9-18(10-12-20-4-2)8-7-15(13-16)17-14-5-6-14/h14-15,17H,3-12H2,1-2H3. The van der Waals surface area contributed by atoms with Crippen molar-refractivity contribution >= 4 is 0 Å². The van der Waals surface area contributed by atoms with Crippen LogP contribution in [0.4, 0.5) is 0 Å². The lowest BCUT2D eigenvalue weighted by atomic mass is 10.2. The van der Waals surface area contributed by atoms with Crippen molar-refractivity contribution in [2.24, 2.45) is 0 Å². The molecule has 0 radical (unpaired) electrons. The highest BCUT2D eigenvalue weighted by atomic mass is 16.5. The number of nitriles is 1. The van der Waals surface area contributed by atoms with Crippen LogP contribution in [0.3, 0.4) is 0 Å². The molecule has 0 spiro atoms. The fourth-order valence-electron chi connectivity index (χ4n) is 2.04. The average Bonchev–Trinajstić information content (AvgIpc) is 3.27. The summed E-state index contributed by atoms with van der Waals surface area (Å²) in [6.45, 7) is 9.74.